The number of quaternary nitrogens is 1. The van der Waals surface area contributed by atoms with E-state index in [1.807, 2.05) is 49.6 Å². The average molecular weight is 382 g/mol. The van der Waals surface area contributed by atoms with Gasteiger partial charge in [-0.3, -0.25) is 19.9 Å². The minimum atomic E-state index is 0.849. The summed E-state index contributed by atoms with van der Waals surface area (Å²) in [5.74, 6) is 0. The van der Waals surface area contributed by atoms with Crippen molar-refractivity contribution in [3.8, 4) is 0 Å². The highest BCUT2D eigenvalue weighted by atomic mass is 15.3. The fraction of sp³-hybridized carbons (Fsp3) is 0.167. The van der Waals surface area contributed by atoms with E-state index in [0.717, 1.165) is 30.7 Å². The molecule has 0 fully saturated rings. The molecule has 5 nitrogen and oxygen atoms in total. The summed E-state index contributed by atoms with van der Waals surface area (Å²) in [5, 5.41) is 0. The van der Waals surface area contributed by atoms with Crippen molar-refractivity contribution in [3.63, 3.8) is 0 Å². The SMILES string of the molecule is c1cc(C[N+](Cc2ccncc2)(Cc2ccncc2)Cc2ccncc2)ccn1. The van der Waals surface area contributed by atoms with E-state index in [1.165, 1.54) is 22.3 Å². The molecule has 0 spiro atoms. The van der Waals surface area contributed by atoms with Gasteiger partial charge >= 0.3 is 0 Å². The zero-order valence-corrected chi connectivity index (χ0v) is 16.3. The standard InChI is InChI=1S/C24H24N5/c1-9-25-10-2-21(1)17-29(18-22-3-11-26-12-4-22,19-23-5-13-27-14-6-23)20-24-7-15-28-16-8-24/h1-16H,17-20H2/q+1. The van der Waals surface area contributed by atoms with E-state index < -0.39 is 0 Å². The zero-order chi connectivity index (χ0) is 19.8. The zero-order valence-electron chi connectivity index (χ0n) is 16.3. The quantitative estimate of drug-likeness (QED) is 0.429. The van der Waals surface area contributed by atoms with Gasteiger partial charge in [0.1, 0.15) is 26.2 Å². The second kappa shape index (κ2) is 9.17. The molecule has 29 heavy (non-hydrogen) atoms. The van der Waals surface area contributed by atoms with Crippen LogP contribution in [0.1, 0.15) is 22.3 Å². The van der Waals surface area contributed by atoms with E-state index >= 15 is 0 Å². The maximum absolute atomic E-state index is 4.20. The van der Waals surface area contributed by atoms with Gasteiger partial charge in [-0.1, -0.05) is 0 Å². The van der Waals surface area contributed by atoms with Gasteiger partial charge in [0, 0.05) is 71.8 Å². The highest BCUT2D eigenvalue weighted by Gasteiger charge is 2.29. The van der Waals surface area contributed by atoms with Crippen molar-refractivity contribution in [1.29, 1.82) is 0 Å². The Labute approximate surface area is 171 Å². The Balaban J connectivity index is 1.75. The Morgan fingerprint density at radius 3 is 0.793 bits per heavy atom. The minimum Gasteiger partial charge on any atom is -0.309 e. The first-order chi connectivity index (χ1) is 14.3. The fourth-order valence-corrected chi connectivity index (χ4v) is 3.84. The van der Waals surface area contributed by atoms with Crippen LogP contribution < -0.4 is 0 Å². The van der Waals surface area contributed by atoms with Crippen LogP contribution in [0.15, 0.2) is 98.1 Å². The third-order valence-corrected chi connectivity index (χ3v) is 5.07. The summed E-state index contributed by atoms with van der Waals surface area (Å²) in [6, 6.07) is 16.9. The molecule has 0 aliphatic rings. The number of pyridine rings is 4. The summed E-state index contributed by atoms with van der Waals surface area (Å²) < 4.78 is 0.849. The molecule has 0 aliphatic heterocycles. The Bertz CT molecular complexity index is 821. The Kier molecular flexibility index (Phi) is 5.98. The molecular formula is C24H24N5+. The number of hydrogen-bond donors (Lipinski definition) is 0. The van der Waals surface area contributed by atoms with Crippen LogP contribution in [-0.4, -0.2) is 24.4 Å². The Morgan fingerprint density at radius 1 is 0.379 bits per heavy atom. The molecule has 0 radical (unpaired) electrons. The van der Waals surface area contributed by atoms with Gasteiger partial charge in [-0.25, -0.2) is 0 Å². The average Bonchev–Trinajstić information content (AvgIpc) is 2.76. The van der Waals surface area contributed by atoms with Crippen molar-refractivity contribution in [3.05, 3.63) is 120 Å². The second-order valence-corrected chi connectivity index (χ2v) is 7.40. The van der Waals surface area contributed by atoms with Gasteiger partial charge in [0.05, 0.1) is 0 Å². The monoisotopic (exact) mass is 382 g/mol. The molecule has 0 atom stereocenters. The molecule has 4 aromatic rings. The third kappa shape index (κ3) is 5.30. The Hall–Kier alpha value is -3.44. The summed E-state index contributed by atoms with van der Waals surface area (Å²) in [5.41, 5.74) is 5.10. The maximum atomic E-state index is 4.20. The molecule has 0 saturated carbocycles. The van der Waals surface area contributed by atoms with Crippen molar-refractivity contribution in [2.75, 3.05) is 0 Å². The maximum Gasteiger partial charge on any atom is 0.105 e. The van der Waals surface area contributed by atoms with E-state index in [2.05, 4.69) is 68.5 Å². The smallest absolute Gasteiger partial charge is 0.105 e. The summed E-state index contributed by atoms with van der Waals surface area (Å²) in [7, 11) is 0. The summed E-state index contributed by atoms with van der Waals surface area (Å²) in [4.78, 5) is 16.8. The molecular weight excluding hydrogens is 358 g/mol. The van der Waals surface area contributed by atoms with Gasteiger partial charge in [-0.15, -0.1) is 0 Å². The fourth-order valence-electron chi connectivity index (χ4n) is 3.84. The molecule has 5 heteroatoms. The van der Waals surface area contributed by atoms with Crippen molar-refractivity contribution in [2.24, 2.45) is 0 Å². The highest BCUT2D eigenvalue weighted by molar-refractivity contribution is 5.14. The summed E-state index contributed by atoms with van der Waals surface area (Å²) >= 11 is 0. The van der Waals surface area contributed by atoms with E-state index in [4.69, 9.17) is 0 Å². The summed E-state index contributed by atoms with van der Waals surface area (Å²) in [6.45, 7) is 3.59. The van der Waals surface area contributed by atoms with Crippen LogP contribution in [0.5, 0.6) is 0 Å². The van der Waals surface area contributed by atoms with Gasteiger partial charge in [0.25, 0.3) is 0 Å². The van der Waals surface area contributed by atoms with Gasteiger partial charge in [-0.2, -0.15) is 0 Å². The predicted octanol–water partition coefficient (Wildman–Crippen LogP) is 4.18. The topological polar surface area (TPSA) is 51.6 Å². The van der Waals surface area contributed by atoms with Crippen LogP contribution in [0.2, 0.25) is 0 Å². The lowest BCUT2D eigenvalue weighted by atomic mass is 10.1. The van der Waals surface area contributed by atoms with E-state index in [-0.39, 0.29) is 0 Å². The molecule has 0 aromatic carbocycles. The van der Waals surface area contributed by atoms with Gasteiger partial charge in [-0.05, 0) is 48.5 Å². The number of nitrogens with zero attached hydrogens (tertiary/aromatic N) is 5. The van der Waals surface area contributed by atoms with Crippen molar-refractivity contribution in [2.45, 2.75) is 26.2 Å². The van der Waals surface area contributed by atoms with Crippen LogP contribution in [0.4, 0.5) is 0 Å². The predicted molar refractivity (Wildman–Crippen MR) is 112 cm³/mol. The van der Waals surface area contributed by atoms with Crippen LogP contribution in [-0.2, 0) is 26.2 Å². The molecule has 144 valence electrons. The van der Waals surface area contributed by atoms with Crippen LogP contribution in [0, 0.1) is 0 Å². The molecule has 4 aromatic heterocycles. The van der Waals surface area contributed by atoms with Crippen molar-refractivity contribution in [1.82, 2.24) is 19.9 Å². The van der Waals surface area contributed by atoms with Crippen molar-refractivity contribution < 1.29 is 4.48 Å². The summed E-state index contributed by atoms with van der Waals surface area (Å²) in [6.07, 6.45) is 15.0. The first kappa shape index (κ1) is 18.9. The van der Waals surface area contributed by atoms with Crippen LogP contribution in [0.25, 0.3) is 0 Å². The van der Waals surface area contributed by atoms with Crippen molar-refractivity contribution >= 4 is 0 Å². The number of aromatic nitrogens is 4. The highest BCUT2D eigenvalue weighted by Crippen LogP contribution is 2.27. The third-order valence-electron chi connectivity index (χ3n) is 5.07. The molecule has 4 rings (SSSR count). The van der Waals surface area contributed by atoms with Gasteiger partial charge in [0.2, 0.25) is 0 Å². The first-order valence-corrected chi connectivity index (χ1v) is 9.72. The molecule has 0 N–H and O–H groups in total. The van der Waals surface area contributed by atoms with Gasteiger partial charge < -0.3 is 4.48 Å². The molecule has 4 heterocycles. The largest absolute Gasteiger partial charge is 0.309 e. The van der Waals surface area contributed by atoms with Crippen LogP contribution >= 0.6 is 0 Å². The molecule has 0 saturated heterocycles. The lowest BCUT2D eigenvalue weighted by molar-refractivity contribution is -0.978. The number of rotatable bonds is 8. The second-order valence-electron chi connectivity index (χ2n) is 7.40. The van der Waals surface area contributed by atoms with Crippen LogP contribution in [0.3, 0.4) is 0 Å². The minimum absolute atomic E-state index is 0.849. The lowest BCUT2D eigenvalue weighted by Gasteiger charge is -2.39. The van der Waals surface area contributed by atoms with E-state index in [9.17, 15) is 0 Å². The normalized spacial score (nSPS) is 11.3. The Morgan fingerprint density at radius 2 is 0.586 bits per heavy atom. The number of hydrogen-bond acceptors (Lipinski definition) is 4. The molecule has 0 aliphatic carbocycles. The lowest BCUT2D eigenvalue weighted by Crippen LogP contribution is -2.45. The molecule has 0 bridgehead atoms. The van der Waals surface area contributed by atoms with Gasteiger partial charge in [0.15, 0.2) is 0 Å². The molecule has 0 unspecified atom stereocenters. The van der Waals surface area contributed by atoms with E-state index in [1.54, 1.807) is 0 Å². The molecule has 0 amide bonds. The first-order valence-electron chi connectivity index (χ1n) is 9.72. The van der Waals surface area contributed by atoms with E-state index in [0.29, 0.717) is 0 Å².